The number of hydrogen-bond acceptors (Lipinski definition) is 0. The molecule has 0 spiro atoms. The van der Waals surface area contributed by atoms with Gasteiger partial charge in [0.25, 0.3) is 3.25 Å². The first-order chi connectivity index (χ1) is 11.8. The van der Waals surface area contributed by atoms with Gasteiger partial charge in [0.15, 0.2) is 0 Å². The highest BCUT2D eigenvalue weighted by Crippen LogP contribution is 2.31. The summed E-state index contributed by atoms with van der Waals surface area (Å²) in [5, 5.41) is 3.43. The van der Waals surface area contributed by atoms with Gasteiger partial charge < -0.3 is 0 Å². The molecule has 2 rings (SSSR count). The predicted molar refractivity (Wildman–Crippen MR) is 132 cm³/mol. The summed E-state index contributed by atoms with van der Waals surface area (Å²) in [6.45, 7) is 1.89. The Labute approximate surface area is 218 Å². The van der Waals surface area contributed by atoms with Gasteiger partial charge in [-0.2, -0.15) is 0 Å². The molecule has 0 fully saturated rings. The molecule has 0 aliphatic heterocycles. The molecule has 2 aromatic carbocycles. The zero-order chi connectivity index (χ0) is 20.7. The van der Waals surface area contributed by atoms with Crippen molar-refractivity contribution in [3.63, 3.8) is 0 Å². The average Bonchev–Trinajstić information content (AvgIpc) is 2.43. The molecule has 0 heterocycles. The van der Waals surface area contributed by atoms with E-state index in [2.05, 4.69) is 47.8 Å². The van der Waals surface area contributed by atoms with Gasteiger partial charge in [0.2, 0.25) is 0 Å². The van der Waals surface area contributed by atoms with Crippen molar-refractivity contribution in [1.82, 2.24) is 0 Å². The smallest absolute Gasteiger partial charge is 0.0875 e. The lowest BCUT2D eigenvalue weighted by Crippen LogP contribution is -1.81. The summed E-state index contributed by atoms with van der Waals surface area (Å²) in [6, 6.07) is 7.29. The Hall–Kier alpha value is 2.20. The molecule has 0 aliphatic carbocycles. The lowest BCUT2D eigenvalue weighted by atomic mass is 10.2. The van der Waals surface area contributed by atoms with E-state index in [1.54, 1.807) is 0 Å². The molecule has 0 unspecified atom stereocenters. The Balaban J connectivity index is 0.000000387. The van der Waals surface area contributed by atoms with Crippen LogP contribution in [-0.2, 0) is 5.33 Å². The van der Waals surface area contributed by atoms with Crippen LogP contribution in [0.15, 0.2) is 33.2 Å². The van der Waals surface area contributed by atoms with Crippen molar-refractivity contribution < 1.29 is 0 Å². The molecule has 0 aliphatic rings. The standard InChI is InChI=1S/C7H4Br2Cl2.C7H5BrCl2.CCl4/c8-3-5-6(10)1-4(9)2-7(5)11;1-4-6(9)2-5(8)3-7(4)10;2-1(3,4)5/h1-2H,3H2;2-3H,1H3;. The number of hydrogen-bond donors (Lipinski definition) is 0. The third-order valence-corrected chi connectivity index (χ3v) is 5.42. The topological polar surface area (TPSA) is 0 Å². The summed E-state index contributed by atoms with van der Waals surface area (Å²) in [7, 11) is 0. The molecule has 0 amide bonds. The Morgan fingerprint density at radius 1 is 0.731 bits per heavy atom. The second-order valence-corrected chi connectivity index (χ2v) is 11.9. The number of alkyl halides is 5. The van der Waals surface area contributed by atoms with Crippen LogP contribution in [0.4, 0.5) is 0 Å². The minimum atomic E-state index is -1.61. The van der Waals surface area contributed by atoms with Crippen molar-refractivity contribution in [2.75, 3.05) is 0 Å². The third kappa shape index (κ3) is 12.7. The van der Waals surface area contributed by atoms with Crippen molar-refractivity contribution in [2.45, 2.75) is 15.5 Å². The fourth-order valence-corrected chi connectivity index (χ4v) is 4.79. The predicted octanol–water partition coefficient (Wildman–Crippen LogP) is 11.3. The Morgan fingerprint density at radius 3 is 1.27 bits per heavy atom. The maximum absolute atomic E-state index is 5.89. The first-order valence-electron chi connectivity index (χ1n) is 6.32. The van der Waals surface area contributed by atoms with E-state index in [9.17, 15) is 0 Å². The average molecular weight is 713 g/mol. The monoisotopic (exact) mass is 706 g/mol. The first kappa shape index (κ1) is 28.2. The normalized spacial score (nSPS) is 10.5. The molecule has 0 radical (unpaired) electrons. The fourth-order valence-electron chi connectivity index (χ4n) is 1.31. The van der Waals surface area contributed by atoms with Gasteiger partial charge >= 0.3 is 0 Å². The Kier molecular flexibility index (Phi) is 14.6. The molecule has 11 heteroatoms. The molecule has 2 aromatic rings. The molecular weight excluding hydrogens is 704 g/mol. The summed E-state index contributed by atoms with van der Waals surface area (Å²) in [5.74, 6) is 0. The zero-order valence-electron chi connectivity index (χ0n) is 12.7. The van der Waals surface area contributed by atoms with Crippen LogP contribution in [0.2, 0.25) is 20.1 Å². The number of rotatable bonds is 1. The molecule has 0 nitrogen and oxygen atoms in total. The fraction of sp³-hybridized carbons (Fsp3) is 0.200. The van der Waals surface area contributed by atoms with E-state index in [-0.39, 0.29) is 0 Å². The lowest BCUT2D eigenvalue weighted by Gasteiger charge is -2.02. The highest BCUT2D eigenvalue weighted by molar-refractivity contribution is 9.10. The van der Waals surface area contributed by atoms with E-state index in [4.69, 9.17) is 92.8 Å². The highest BCUT2D eigenvalue weighted by Gasteiger charge is 2.11. The molecular formula is C15H9Br3Cl8. The summed E-state index contributed by atoms with van der Waals surface area (Å²) in [6.07, 6.45) is 0. The van der Waals surface area contributed by atoms with Crippen LogP contribution in [0.1, 0.15) is 11.1 Å². The van der Waals surface area contributed by atoms with Crippen molar-refractivity contribution in [2.24, 2.45) is 0 Å². The maximum Gasteiger partial charge on any atom is 0.266 e. The molecule has 0 atom stereocenters. The van der Waals surface area contributed by atoms with Gasteiger partial charge in [-0.1, -0.05) is 141 Å². The van der Waals surface area contributed by atoms with Gasteiger partial charge in [-0.25, -0.2) is 0 Å². The van der Waals surface area contributed by atoms with Crippen molar-refractivity contribution in [1.29, 1.82) is 0 Å². The second kappa shape index (κ2) is 13.5. The van der Waals surface area contributed by atoms with E-state index in [0.29, 0.717) is 25.4 Å². The maximum atomic E-state index is 5.89. The van der Waals surface area contributed by atoms with Crippen molar-refractivity contribution in [3.05, 3.63) is 64.4 Å². The third-order valence-electron chi connectivity index (χ3n) is 2.49. The largest absolute Gasteiger partial charge is 0.266 e. The van der Waals surface area contributed by atoms with Gasteiger partial charge in [-0.3, -0.25) is 0 Å². The molecule has 26 heavy (non-hydrogen) atoms. The van der Waals surface area contributed by atoms with Crippen LogP contribution >= 0.6 is 141 Å². The molecule has 146 valence electrons. The summed E-state index contributed by atoms with van der Waals surface area (Å²) < 4.78 is 0.199. The number of halogens is 11. The van der Waals surface area contributed by atoms with Gasteiger partial charge in [0, 0.05) is 34.4 Å². The van der Waals surface area contributed by atoms with Crippen LogP contribution in [0, 0.1) is 6.92 Å². The van der Waals surface area contributed by atoms with Gasteiger partial charge in [0.1, 0.15) is 0 Å². The summed E-state index contributed by atoms with van der Waals surface area (Å²) in [5.41, 5.74) is 1.85. The lowest BCUT2D eigenvalue weighted by molar-refractivity contribution is 1.42. The minimum absolute atomic E-state index is 0.679. The van der Waals surface area contributed by atoms with Gasteiger partial charge in [-0.15, -0.1) is 0 Å². The Morgan fingerprint density at radius 2 is 1.00 bits per heavy atom. The van der Waals surface area contributed by atoms with E-state index in [0.717, 1.165) is 20.1 Å². The van der Waals surface area contributed by atoms with Crippen LogP contribution in [0.5, 0.6) is 0 Å². The van der Waals surface area contributed by atoms with E-state index < -0.39 is 3.25 Å². The molecule has 0 saturated carbocycles. The van der Waals surface area contributed by atoms with Crippen LogP contribution in [0.25, 0.3) is 0 Å². The van der Waals surface area contributed by atoms with Crippen molar-refractivity contribution in [3.8, 4) is 0 Å². The second-order valence-electron chi connectivity index (χ2n) is 4.40. The quantitative estimate of drug-likeness (QED) is 0.258. The highest BCUT2D eigenvalue weighted by atomic mass is 79.9. The van der Waals surface area contributed by atoms with Crippen LogP contribution < -0.4 is 0 Å². The van der Waals surface area contributed by atoms with E-state index in [1.807, 2.05) is 31.2 Å². The van der Waals surface area contributed by atoms with Gasteiger partial charge in [-0.05, 0) is 42.3 Å². The first-order valence-corrected chi connectivity index (χ1v) is 12.1. The van der Waals surface area contributed by atoms with Crippen LogP contribution in [-0.4, -0.2) is 3.25 Å². The molecule has 0 N–H and O–H groups in total. The van der Waals surface area contributed by atoms with Crippen molar-refractivity contribution >= 4 is 141 Å². The van der Waals surface area contributed by atoms with Gasteiger partial charge in [0.05, 0.1) is 0 Å². The SMILES string of the molecule is Cc1c(Cl)cc(Br)cc1Cl.ClC(Cl)(Cl)Cl.Clc1cc(Br)cc(Cl)c1CBr. The summed E-state index contributed by atoms with van der Waals surface area (Å²) in [4.78, 5) is 0. The zero-order valence-corrected chi connectivity index (χ0v) is 23.5. The molecule has 0 bridgehead atoms. The minimum Gasteiger partial charge on any atom is -0.0875 e. The van der Waals surface area contributed by atoms with E-state index >= 15 is 0 Å². The summed E-state index contributed by atoms with van der Waals surface area (Å²) >= 11 is 52.6. The van der Waals surface area contributed by atoms with E-state index in [1.165, 1.54) is 0 Å². The van der Waals surface area contributed by atoms with Crippen LogP contribution in [0.3, 0.4) is 0 Å². The molecule has 0 aromatic heterocycles. The molecule has 0 saturated heterocycles. The number of benzene rings is 2. The Bertz CT molecular complexity index is 679.